The molecule has 0 aliphatic rings. The molecule has 0 unspecified atom stereocenters. The summed E-state index contributed by atoms with van der Waals surface area (Å²) in [4.78, 5) is 10.9. The molecule has 27 heavy (non-hydrogen) atoms. The third-order valence-corrected chi connectivity index (χ3v) is 4.03. The van der Waals surface area contributed by atoms with Gasteiger partial charge in [-0.25, -0.2) is 0 Å². The van der Waals surface area contributed by atoms with Gasteiger partial charge in [0.25, 0.3) is 0 Å². The predicted molar refractivity (Wildman–Crippen MR) is 111 cm³/mol. The lowest BCUT2D eigenvalue weighted by molar-refractivity contribution is 0.407. The molecule has 2 aromatic rings. The molecule has 0 saturated heterocycles. The van der Waals surface area contributed by atoms with Crippen LogP contribution in [0.4, 0.5) is 5.69 Å². The molecule has 0 radical (unpaired) electrons. The number of rotatable bonds is 7. The molecule has 0 saturated carbocycles. The first-order valence-electron chi connectivity index (χ1n) is 8.64. The number of aromatic hydroxyl groups is 2. The van der Waals surface area contributed by atoms with Crippen molar-refractivity contribution in [3.05, 3.63) is 47.5 Å². The lowest BCUT2D eigenvalue weighted by atomic mass is 10.1. The number of phenolic OH excluding ortho intramolecular Hbond substituents is 2. The van der Waals surface area contributed by atoms with Crippen molar-refractivity contribution in [2.75, 3.05) is 32.6 Å². The number of hydrogen-bond acceptors (Lipinski definition) is 6. The zero-order chi connectivity index (χ0) is 20.0. The van der Waals surface area contributed by atoms with Gasteiger partial charge in [0.15, 0.2) is 0 Å². The minimum atomic E-state index is -0.453. The molecule has 0 fully saturated rings. The van der Waals surface area contributed by atoms with Crippen LogP contribution < -0.4 is 9.64 Å². The number of ether oxygens (including phenoxy) is 1. The maximum absolute atomic E-state index is 10.1. The van der Waals surface area contributed by atoms with Crippen LogP contribution >= 0.6 is 0 Å². The Morgan fingerprint density at radius 1 is 1.00 bits per heavy atom. The van der Waals surface area contributed by atoms with Gasteiger partial charge < -0.3 is 19.8 Å². The van der Waals surface area contributed by atoms with Crippen molar-refractivity contribution in [2.45, 2.75) is 19.4 Å². The van der Waals surface area contributed by atoms with E-state index in [2.05, 4.69) is 9.98 Å². The van der Waals surface area contributed by atoms with Crippen LogP contribution in [-0.2, 0) is 0 Å². The third-order valence-electron chi connectivity index (χ3n) is 4.03. The molecule has 0 heterocycles. The summed E-state index contributed by atoms with van der Waals surface area (Å²) in [5, 5.41) is 20.1. The van der Waals surface area contributed by atoms with Crippen LogP contribution in [0.3, 0.4) is 0 Å². The number of aliphatic imine (C=N–C) groups is 2. The Kier molecular flexibility index (Phi) is 6.45. The fourth-order valence-corrected chi connectivity index (χ4v) is 2.33. The van der Waals surface area contributed by atoms with E-state index in [-0.39, 0.29) is 11.5 Å². The van der Waals surface area contributed by atoms with Gasteiger partial charge in [0, 0.05) is 55.5 Å². The minimum absolute atomic E-state index is 0.116. The zero-order valence-corrected chi connectivity index (χ0v) is 16.5. The van der Waals surface area contributed by atoms with Crippen molar-refractivity contribution in [1.29, 1.82) is 0 Å². The number of hydrogen-bond donors (Lipinski definition) is 2. The van der Waals surface area contributed by atoms with Crippen molar-refractivity contribution in [3.8, 4) is 17.2 Å². The highest BCUT2D eigenvalue weighted by Crippen LogP contribution is 2.24. The molecular formula is C21H27N3O3. The second kappa shape index (κ2) is 8.58. The quantitative estimate of drug-likeness (QED) is 0.733. The molecule has 2 aromatic carbocycles. The molecular weight excluding hydrogens is 342 g/mol. The van der Waals surface area contributed by atoms with E-state index in [1.165, 1.54) is 0 Å². The molecule has 0 spiro atoms. The van der Waals surface area contributed by atoms with Gasteiger partial charge in [-0.2, -0.15) is 0 Å². The third kappa shape index (κ3) is 5.74. The minimum Gasteiger partial charge on any atom is -0.507 e. The monoisotopic (exact) mass is 369 g/mol. The van der Waals surface area contributed by atoms with E-state index in [4.69, 9.17) is 4.74 Å². The van der Waals surface area contributed by atoms with Crippen molar-refractivity contribution < 1.29 is 14.9 Å². The molecule has 0 amide bonds. The van der Waals surface area contributed by atoms with Crippen molar-refractivity contribution in [2.24, 2.45) is 9.98 Å². The van der Waals surface area contributed by atoms with Gasteiger partial charge in [-0.15, -0.1) is 0 Å². The van der Waals surface area contributed by atoms with Gasteiger partial charge >= 0.3 is 0 Å². The molecule has 0 aromatic heterocycles. The summed E-state index contributed by atoms with van der Waals surface area (Å²) < 4.78 is 5.07. The van der Waals surface area contributed by atoms with E-state index >= 15 is 0 Å². The topological polar surface area (TPSA) is 77.7 Å². The fraction of sp³-hybridized carbons (Fsp3) is 0.333. The van der Waals surface area contributed by atoms with E-state index in [9.17, 15) is 10.2 Å². The maximum atomic E-state index is 10.1. The van der Waals surface area contributed by atoms with E-state index in [0.717, 1.165) is 5.69 Å². The standard InChI is InChI=1S/C21H27N3O3/c1-21(2,14-22-12-15-7-9-18(27-5)11-20(15)26)23-13-16-6-8-17(24(3)4)10-19(16)25/h6-13,25-26H,14H2,1-5H3. The lowest BCUT2D eigenvalue weighted by Gasteiger charge is -2.17. The molecule has 6 heteroatoms. The molecule has 144 valence electrons. The second-order valence-corrected chi connectivity index (χ2v) is 7.10. The normalized spacial score (nSPS) is 12.0. The summed E-state index contributed by atoms with van der Waals surface area (Å²) in [6.45, 7) is 4.35. The van der Waals surface area contributed by atoms with Gasteiger partial charge in [-0.1, -0.05) is 0 Å². The van der Waals surface area contributed by atoms with Crippen LogP contribution in [0.15, 0.2) is 46.4 Å². The first kappa shape index (κ1) is 20.3. The summed E-state index contributed by atoms with van der Waals surface area (Å²) >= 11 is 0. The Morgan fingerprint density at radius 2 is 1.63 bits per heavy atom. The first-order valence-corrected chi connectivity index (χ1v) is 8.64. The van der Waals surface area contributed by atoms with Crippen LogP contribution in [0, 0.1) is 0 Å². The summed E-state index contributed by atoms with van der Waals surface area (Å²) in [6.07, 6.45) is 3.28. The second-order valence-electron chi connectivity index (χ2n) is 7.10. The van der Waals surface area contributed by atoms with Crippen molar-refractivity contribution in [1.82, 2.24) is 0 Å². The zero-order valence-electron chi connectivity index (χ0n) is 16.5. The molecule has 2 rings (SSSR count). The first-order chi connectivity index (χ1) is 12.7. The van der Waals surface area contributed by atoms with Gasteiger partial charge in [0.05, 0.1) is 19.2 Å². The lowest BCUT2D eigenvalue weighted by Crippen LogP contribution is -2.21. The molecule has 0 aliphatic carbocycles. The van der Waals surface area contributed by atoms with Gasteiger partial charge in [-0.05, 0) is 38.1 Å². The average Bonchev–Trinajstić information content (AvgIpc) is 2.61. The molecule has 0 aliphatic heterocycles. The Bertz CT molecular complexity index is 843. The van der Waals surface area contributed by atoms with E-state index in [1.54, 1.807) is 43.8 Å². The van der Waals surface area contributed by atoms with Crippen LogP contribution in [0.25, 0.3) is 0 Å². The van der Waals surface area contributed by atoms with Crippen LogP contribution in [0.1, 0.15) is 25.0 Å². The number of benzene rings is 2. The average molecular weight is 369 g/mol. The predicted octanol–water partition coefficient (Wildman–Crippen LogP) is 3.49. The number of methoxy groups -OCH3 is 1. The van der Waals surface area contributed by atoms with Crippen LogP contribution in [-0.4, -0.2) is 55.9 Å². The van der Waals surface area contributed by atoms with Crippen LogP contribution in [0.5, 0.6) is 17.2 Å². The van der Waals surface area contributed by atoms with E-state index in [1.807, 2.05) is 45.0 Å². The highest BCUT2D eigenvalue weighted by atomic mass is 16.5. The Morgan fingerprint density at radius 3 is 2.22 bits per heavy atom. The maximum Gasteiger partial charge on any atom is 0.128 e. The highest BCUT2D eigenvalue weighted by Gasteiger charge is 2.14. The summed E-state index contributed by atoms with van der Waals surface area (Å²) in [6, 6.07) is 10.5. The van der Waals surface area contributed by atoms with Crippen LogP contribution in [0.2, 0.25) is 0 Å². The molecule has 2 N–H and O–H groups in total. The smallest absolute Gasteiger partial charge is 0.128 e. The van der Waals surface area contributed by atoms with E-state index < -0.39 is 5.54 Å². The SMILES string of the molecule is COc1ccc(C=NCC(C)(C)N=Cc2ccc(N(C)C)cc2O)c(O)c1. The fourth-order valence-electron chi connectivity index (χ4n) is 2.33. The number of phenols is 2. The summed E-state index contributed by atoms with van der Waals surface area (Å²) in [5.74, 6) is 0.896. The largest absolute Gasteiger partial charge is 0.507 e. The number of anilines is 1. The van der Waals surface area contributed by atoms with Crippen molar-refractivity contribution in [3.63, 3.8) is 0 Å². The summed E-state index contributed by atoms with van der Waals surface area (Å²) in [5.41, 5.74) is 1.75. The highest BCUT2D eigenvalue weighted by molar-refractivity contribution is 5.85. The molecule has 0 atom stereocenters. The summed E-state index contributed by atoms with van der Waals surface area (Å²) in [7, 11) is 5.39. The van der Waals surface area contributed by atoms with Crippen molar-refractivity contribution >= 4 is 18.1 Å². The van der Waals surface area contributed by atoms with E-state index in [0.29, 0.717) is 23.4 Å². The van der Waals surface area contributed by atoms with Gasteiger partial charge in [-0.3, -0.25) is 9.98 Å². The Hall–Kier alpha value is -3.02. The number of nitrogens with zero attached hydrogens (tertiary/aromatic N) is 3. The Labute approximate surface area is 160 Å². The van der Waals surface area contributed by atoms with Gasteiger partial charge in [0.1, 0.15) is 17.2 Å². The molecule has 6 nitrogen and oxygen atoms in total. The Balaban J connectivity index is 2.05. The van der Waals surface area contributed by atoms with Gasteiger partial charge in [0.2, 0.25) is 0 Å². The molecule has 0 bridgehead atoms.